The molecular weight excluding hydrogens is 202 g/mol. The van der Waals surface area contributed by atoms with E-state index in [2.05, 4.69) is 13.8 Å². The summed E-state index contributed by atoms with van der Waals surface area (Å²) >= 11 is 0. The zero-order chi connectivity index (χ0) is 12.0. The first-order chi connectivity index (χ1) is 7.69. The maximum absolute atomic E-state index is 12.1. The molecule has 1 amide bonds. The van der Waals surface area contributed by atoms with Gasteiger partial charge in [0.2, 0.25) is 5.91 Å². The van der Waals surface area contributed by atoms with Gasteiger partial charge in [-0.3, -0.25) is 4.79 Å². The molecule has 0 saturated carbocycles. The molecule has 1 rings (SSSR count). The van der Waals surface area contributed by atoms with Gasteiger partial charge in [-0.1, -0.05) is 33.1 Å². The van der Waals surface area contributed by atoms with E-state index in [0.29, 0.717) is 6.54 Å². The average Bonchev–Trinajstić information content (AvgIpc) is 2.70. The molecule has 0 aromatic heterocycles. The number of hydrogen-bond donors (Lipinski definition) is 1. The first kappa shape index (κ1) is 13.5. The van der Waals surface area contributed by atoms with Gasteiger partial charge >= 0.3 is 0 Å². The van der Waals surface area contributed by atoms with Crippen molar-refractivity contribution in [1.29, 1.82) is 0 Å². The van der Waals surface area contributed by atoms with Crippen LogP contribution in [0.15, 0.2) is 0 Å². The van der Waals surface area contributed by atoms with Crippen LogP contribution in [0.5, 0.6) is 0 Å². The smallest absolute Gasteiger partial charge is 0.225 e. The van der Waals surface area contributed by atoms with Crippen LogP contribution in [0.4, 0.5) is 0 Å². The molecule has 0 aliphatic carbocycles. The van der Waals surface area contributed by atoms with Gasteiger partial charge < -0.3 is 10.0 Å². The van der Waals surface area contributed by atoms with Crippen LogP contribution in [0.25, 0.3) is 0 Å². The highest BCUT2D eigenvalue weighted by atomic mass is 16.3. The highest BCUT2D eigenvalue weighted by molar-refractivity contribution is 5.79. The van der Waals surface area contributed by atoms with Crippen molar-refractivity contribution in [2.45, 2.75) is 58.5 Å². The van der Waals surface area contributed by atoms with Gasteiger partial charge in [0.15, 0.2) is 0 Å². The summed E-state index contributed by atoms with van der Waals surface area (Å²) in [7, 11) is 0. The molecule has 0 aromatic rings. The number of hydrogen-bond acceptors (Lipinski definition) is 2. The Hall–Kier alpha value is -0.570. The Morgan fingerprint density at radius 2 is 2.19 bits per heavy atom. The maximum Gasteiger partial charge on any atom is 0.225 e. The molecule has 0 aromatic carbocycles. The zero-order valence-electron chi connectivity index (χ0n) is 10.6. The van der Waals surface area contributed by atoms with Crippen LogP contribution in [0.2, 0.25) is 0 Å². The molecule has 3 nitrogen and oxygen atoms in total. The third-order valence-electron chi connectivity index (χ3n) is 3.47. The van der Waals surface area contributed by atoms with Crippen LogP contribution in [0.1, 0.15) is 52.4 Å². The van der Waals surface area contributed by atoms with Crippen LogP contribution in [0, 0.1) is 5.92 Å². The number of amides is 1. The van der Waals surface area contributed by atoms with E-state index in [1.807, 2.05) is 4.90 Å². The summed E-state index contributed by atoms with van der Waals surface area (Å²) in [5, 5.41) is 9.42. The standard InChI is InChI=1S/C13H25NO2/c1-3-5-6-7-11(4-2)13(16)14-9-8-12(15)10-14/h11-12,15H,3-10H2,1-2H3/t11?,12-/m0/s1. The maximum atomic E-state index is 12.1. The summed E-state index contributed by atoms with van der Waals surface area (Å²) in [5.41, 5.74) is 0. The molecule has 1 aliphatic rings. The lowest BCUT2D eigenvalue weighted by Gasteiger charge is -2.22. The Morgan fingerprint density at radius 3 is 2.69 bits per heavy atom. The Morgan fingerprint density at radius 1 is 1.44 bits per heavy atom. The fourth-order valence-corrected chi connectivity index (χ4v) is 2.34. The second-order valence-electron chi connectivity index (χ2n) is 4.83. The van der Waals surface area contributed by atoms with Crippen LogP contribution in [0.3, 0.4) is 0 Å². The number of aliphatic hydroxyl groups excluding tert-OH is 1. The number of rotatable bonds is 6. The van der Waals surface area contributed by atoms with E-state index >= 15 is 0 Å². The molecule has 1 heterocycles. The monoisotopic (exact) mass is 227 g/mol. The SMILES string of the molecule is CCCCCC(CC)C(=O)N1CC[C@H](O)C1. The molecule has 1 saturated heterocycles. The fourth-order valence-electron chi connectivity index (χ4n) is 2.34. The minimum absolute atomic E-state index is 0.178. The third kappa shape index (κ3) is 3.78. The van der Waals surface area contributed by atoms with E-state index in [0.717, 1.165) is 32.2 Å². The van der Waals surface area contributed by atoms with Crippen molar-refractivity contribution in [3.05, 3.63) is 0 Å². The summed E-state index contributed by atoms with van der Waals surface area (Å²) in [4.78, 5) is 14.0. The van der Waals surface area contributed by atoms with Crippen molar-refractivity contribution in [2.75, 3.05) is 13.1 Å². The predicted molar refractivity (Wildman–Crippen MR) is 65.1 cm³/mol. The molecule has 16 heavy (non-hydrogen) atoms. The van der Waals surface area contributed by atoms with Crippen molar-refractivity contribution in [3.63, 3.8) is 0 Å². The van der Waals surface area contributed by atoms with Crippen molar-refractivity contribution < 1.29 is 9.90 Å². The molecule has 1 aliphatic heterocycles. The predicted octanol–water partition coefficient (Wildman–Crippen LogP) is 2.19. The molecule has 0 spiro atoms. The first-order valence-electron chi connectivity index (χ1n) is 6.65. The molecule has 0 bridgehead atoms. The Kier molecular flexibility index (Phi) is 5.81. The number of aliphatic hydroxyl groups is 1. The van der Waals surface area contributed by atoms with Crippen LogP contribution in [-0.4, -0.2) is 35.1 Å². The molecule has 1 fully saturated rings. The van der Waals surface area contributed by atoms with E-state index in [1.54, 1.807) is 0 Å². The normalized spacial score (nSPS) is 22.4. The van der Waals surface area contributed by atoms with Gasteiger partial charge in [0.05, 0.1) is 6.10 Å². The number of β-amino-alcohol motifs (C(OH)–C–C–N with tert-alkyl or cyclic N) is 1. The summed E-state index contributed by atoms with van der Waals surface area (Å²) in [6.45, 7) is 5.55. The van der Waals surface area contributed by atoms with Gasteiger partial charge in [-0.05, 0) is 19.3 Å². The summed E-state index contributed by atoms with van der Waals surface area (Å²) in [6, 6.07) is 0. The lowest BCUT2D eigenvalue weighted by molar-refractivity contribution is -0.135. The van der Waals surface area contributed by atoms with Crippen molar-refractivity contribution >= 4 is 5.91 Å². The Balaban J connectivity index is 2.36. The molecule has 1 unspecified atom stereocenters. The number of carbonyl (C=O) groups is 1. The van der Waals surface area contributed by atoms with E-state index in [4.69, 9.17) is 0 Å². The van der Waals surface area contributed by atoms with Gasteiger partial charge in [0.25, 0.3) is 0 Å². The van der Waals surface area contributed by atoms with Gasteiger partial charge in [-0.25, -0.2) is 0 Å². The molecule has 1 N–H and O–H groups in total. The largest absolute Gasteiger partial charge is 0.391 e. The Labute approximate surface area is 98.8 Å². The average molecular weight is 227 g/mol. The van der Waals surface area contributed by atoms with Crippen LogP contribution >= 0.6 is 0 Å². The molecular formula is C13H25NO2. The second kappa shape index (κ2) is 6.89. The van der Waals surface area contributed by atoms with E-state index in [1.165, 1.54) is 12.8 Å². The topological polar surface area (TPSA) is 40.5 Å². The van der Waals surface area contributed by atoms with E-state index in [-0.39, 0.29) is 17.9 Å². The lowest BCUT2D eigenvalue weighted by atomic mass is 9.97. The minimum Gasteiger partial charge on any atom is -0.391 e. The molecule has 0 radical (unpaired) electrons. The van der Waals surface area contributed by atoms with E-state index < -0.39 is 0 Å². The van der Waals surface area contributed by atoms with Crippen LogP contribution < -0.4 is 0 Å². The number of unbranched alkanes of at least 4 members (excludes halogenated alkanes) is 2. The lowest BCUT2D eigenvalue weighted by Crippen LogP contribution is -2.34. The molecule has 94 valence electrons. The van der Waals surface area contributed by atoms with Crippen LogP contribution in [-0.2, 0) is 4.79 Å². The zero-order valence-corrected chi connectivity index (χ0v) is 10.6. The van der Waals surface area contributed by atoms with Crippen molar-refractivity contribution in [2.24, 2.45) is 5.92 Å². The highest BCUT2D eigenvalue weighted by Gasteiger charge is 2.28. The number of likely N-dealkylation sites (tertiary alicyclic amines) is 1. The quantitative estimate of drug-likeness (QED) is 0.707. The number of carbonyl (C=O) groups excluding carboxylic acids is 1. The van der Waals surface area contributed by atoms with E-state index in [9.17, 15) is 9.90 Å². The van der Waals surface area contributed by atoms with Gasteiger partial charge in [0, 0.05) is 19.0 Å². The summed E-state index contributed by atoms with van der Waals surface area (Å²) < 4.78 is 0. The summed E-state index contributed by atoms with van der Waals surface area (Å²) in [5.74, 6) is 0.437. The number of nitrogens with zero attached hydrogens (tertiary/aromatic N) is 1. The highest BCUT2D eigenvalue weighted by Crippen LogP contribution is 2.19. The Bertz CT molecular complexity index is 218. The fraction of sp³-hybridized carbons (Fsp3) is 0.923. The minimum atomic E-state index is -0.294. The van der Waals surface area contributed by atoms with Crippen molar-refractivity contribution in [3.8, 4) is 0 Å². The molecule has 3 heteroatoms. The summed E-state index contributed by atoms with van der Waals surface area (Å²) in [6.07, 6.45) is 5.95. The third-order valence-corrected chi connectivity index (χ3v) is 3.47. The van der Waals surface area contributed by atoms with Crippen molar-refractivity contribution in [1.82, 2.24) is 4.90 Å². The van der Waals surface area contributed by atoms with Gasteiger partial charge in [0.1, 0.15) is 0 Å². The van der Waals surface area contributed by atoms with Gasteiger partial charge in [-0.2, -0.15) is 0 Å². The first-order valence-corrected chi connectivity index (χ1v) is 6.65. The molecule has 2 atom stereocenters. The van der Waals surface area contributed by atoms with Gasteiger partial charge in [-0.15, -0.1) is 0 Å². The second-order valence-corrected chi connectivity index (χ2v) is 4.83.